The zero-order valence-electron chi connectivity index (χ0n) is 9.73. The average Bonchev–Trinajstić information content (AvgIpc) is 2.38. The Labute approximate surface area is 101 Å². The quantitative estimate of drug-likeness (QED) is 0.854. The fourth-order valence-corrected chi connectivity index (χ4v) is 1.94. The second kappa shape index (κ2) is 5.11. The number of halogens is 1. The van der Waals surface area contributed by atoms with Crippen molar-refractivity contribution in [3.05, 3.63) is 59.9 Å². The number of hydrogen-bond donors (Lipinski definition) is 1. The van der Waals surface area contributed by atoms with Gasteiger partial charge in [0.25, 0.3) is 0 Å². The third-order valence-corrected chi connectivity index (χ3v) is 2.90. The summed E-state index contributed by atoms with van der Waals surface area (Å²) in [5.41, 5.74) is 2.87. The van der Waals surface area contributed by atoms with Crippen LogP contribution in [0.3, 0.4) is 0 Å². The van der Waals surface area contributed by atoms with Crippen molar-refractivity contribution in [2.24, 2.45) is 0 Å². The van der Waals surface area contributed by atoms with Gasteiger partial charge in [-0.15, -0.1) is 0 Å². The zero-order valence-corrected chi connectivity index (χ0v) is 9.73. The second-order valence-electron chi connectivity index (χ2n) is 4.18. The van der Waals surface area contributed by atoms with Crippen LogP contribution in [0, 0.1) is 5.82 Å². The number of hydrogen-bond acceptors (Lipinski definition) is 1. The molecule has 17 heavy (non-hydrogen) atoms. The summed E-state index contributed by atoms with van der Waals surface area (Å²) in [7, 11) is 0. The normalized spacial score (nSPS) is 12.4. The lowest BCUT2D eigenvalue weighted by Crippen LogP contribution is -2.01. The molecule has 0 aliphatic heterocycles. The average molecular weight is 230 g/mol. The summed E-state index contributed by atoms with van der Waals surface area (Å²) in [6.07, 6.45) is 0. The maximum atomic E-state index is 13.2. The van der Waals surface area contributed by atoms with E-state index >= 15 is 0 Å². The lowest BCUT2D eigenvalue weighted by Gasteiger charge is -2.14. The largest absolute Gasteiger partial charge is 0.396 e. The fourth-order valence-electron chi connectivity index (χ4n) is 1.94. The molecular weight excluding hydrogens is 215 g/mol. The highest BCUT2D eigenvalue weighted by Gasteiger charge is 2.10. The first-order valence-corrected chi connectivity index (χ1v) is 5.68. The van der Waals surface area contributed by atoms with Crippen LogP contribution in [0.4, 0.5) is 4.39 Å². The van der Waals surface area contributed by atoms with Crippen LogP contribution >= 0.6 is 0 Å². The lowest BCUT2D eigenvalue weighted by atomic mass is 9.92. The summed E-state index contributed by atoms with van der Waals surface area (Å²) < 4.78 is 13.2. The fraction of sp³-hybridized carbons (Fsp3) is 0.200. The first-order chi connectivity index (χ1) is 8.22. The van der Waals surface area contributed by atoms with E-state index in [0.29, 0.717) is 0 Å². The van der Waals surface area contributed by atoms with Crippen LogP contribution < -0.4 is 0 Å². The summed E-state index contributed by atoms with van der Waals surface area (Å²) >= 11 is 0. The minimum Gasteiger partial charge on any atom is -0.396 e. The Morgan fingerprint density at radius 2 is 1.88 bits per heavy atom. The monoisotopic (exact) mass is 230 g/mol. The molecule has 1 atom stereocenters. The van der Waals surface area contributed by atoms with E-state index in [1.807, 2.05) is 37.3 Å². The van der Waals surface area contributed by atoms with Crippen molar-refractivity contribution in [3.63, 3.8) is 0 Å². The molecule has 0 fully saturated rings. The minimum absolute atomic E-state index is 0.0504. The highest BCUT2D eigenvalue weighted by molar-refractivity contribution is 5.68. The topological polar surface area (TPSA) is 20.2 Å². The minimum atomic E-state index is -0.242. The molecule has 0 aromatic heterocycles. The molecule has 88 valence electrons. The van der Waals surface area contributed by atoms with E-state index in [9.17, 15) is 9.50 Å². The number of aliphatic hydroxyl groups excluding tert-OH is 1. The molecule has 0 aliphatic carbocycles. The molecular formula is C15H15FO. The van der Waals surface area contributed by atoms with E-state index in [4.69, 9.17) is 0 Å². The van der Waals surface area contributed by atoms with Crippen LogP contribution in [0.5, 0.6) is 0 Å². The smallest absolute Gasteiger partial charge is 0.123 e. The molecule has 2 rings (SSSR count). The van der Waals surface area contributed by atoms with Crippen LogP contribution in [0.15, 0.2) is 48.5 Å². The highest BCUT2D eigenvalue weighted by atomic mass is 19.1. The van der Waals surface area contributed by atoms with Crippen LogP contribution in [-0.4, -0.2) is 11.7 Å². The molecule has 0 spiro atoms. The van der Waals surface area contributed by atoms with Gasteiger partial charge in [0, 0.05) is 12.5 Å². The lowest BCUT2D eigenvalue weighted by molar-refractivity contribution is 0.273. The maximum Gasteiger partial charge on any atom is 0.123 e. The predicted molar refractivity (Wildman–Crippen MR) is 67.3 cm³/mol. The van der Waals surface area contributed by atoms with Gasteiger partial charge in [-0.25, -0.2) is 4.39 Å². The van der Waals surface area contributed by atoms with Gasteiger partial charge in [-0.1, -0.05) is 43.3 Å². The number of benzene rings is 2. The Bertz CT molecular complexity index is 508. The molecule has 0 radical (unpaired) electrons. The predicted octanol–water partition coefficient (Wildman–Crippen LogP) is 3.59. The molecule has 0 amide bonds. The molecule has 0 saturated heterocycles. The van der Waals surface area contributed by atoms with Crippen molar-refractivity contribution in [1.29, 1.82) is 0 Å². The van der Waals surface area contributed by atoms with Crippen LogP contribution in [0.2, 0.25) is 0 Å². The van der Waals surface area contributed by atoms with E-state index in [2.05, 4.69) is 0 Å². The molecule has 2 aromatic rings. The van der Waals surface area contributed by atoms with Crippen LogP contribution in [0.25, 0.3) is 11.1 Å². The summed E-state index contributed by atoms with van der Waals surface area (Å²) in [5.74, 6) is -0.191. The van der Waals surface area contributed by atoms with Crippen LogP contribution in [-0.2, 0) is 0 Å². The molecule has 0 heterocycles. The molecule has 0 bridgehead atoms. The van der Waals surface area contributed by atoms with E-state index < -0.39 is 0 Å². The van der Waals surface area contributed by atoms with Crippen molar-refractivity contribution in [1.82, 2.24) is 0 Å². The highest BCUT2D eigenvalue weighted by Crippen LogP contribution is 2.29. The van der Waals surface area contributed by atoms with Gasteiger partial charge in [-0.05, 0) is 28.8 Å². The number of rotatable bonds is 3. The van der Waals surface area contributed by atoms with Crippen molar-refractivity contribution in [3.8, 4) is 11.1 Å². The molecule has 0 aliphatic rings. The Morgan fingerprint density at radius 1 is 1.12 bits per heavy atom. The number of aliphatic hydroxyl groups is 1. The first-order valence-electron chi connectivity index (χ1n) is 5.68. The van der Waals surface area contributed by atoms with Gasteiger partial charge in [0.15, 0.2) is 0 Å². The Kier molecular flexibility index (Phi) is 3.55. The van der Waals surface area contributed by atoms with Gasteiger partial charge in [0.1, 0.15) is 5.82 Å². The van der Waals surface area contributed by atoms with Crippen molar-refractivity contribution >= 4 is 0 Å². The molecule has 1 N–H and O–H groups in total. The van der Waals surface area contributed by atoms with Gasteiger partial charge in [0.2, 0.25) is 0 Å². The second-order valence-corrected chi connectivity index (χ2v) is 4.18. The molecule has 1 nitrogen and oxygen atoms in total. The van der Waals surface area contributed by atoms with E-state index in [0.717, 1.165) is 16.7 Å². The van der Waals surface area contributed by atoms with Gasteiger partial charge >= 0.3 is 0 Å². The Hall–Kier alpha value is -1.67. The van der Waals surface area contributed by atoms with E-state index in [-0.39, 0.29) is 18.3 Å². The van der Waals surface area contributed by atoms with Crippen molar-refractivity contribution < 1.29 is 9.50 Å². The van der Waals surface area contributed by atoms with Gasteiger partial charge < -0.3 is 5.11 Å². The summed E-state index contributed by atoms with van der Waals surface area (Å²) in [6.45, 7) is 2.05. The SMILES string of the molecule is CC(CO)c1ccccc1-c1cccc(F)c1. The maximum absolute atomic E-state index is 13.2. The summed E-state index contributed by atoms with van der Waals surface area (Å²) in [4.78, 5) is 0. The molecule has 0 saturated carbocycles. The van der Waals surface area contributed by atoms with Crippen molar-refractivity contribution in [2.45, 2.75) is 12.8 Å². The van der Waals surface area contributed by atoms with E-state index in [1.165, 1.54) is 12.1 Å². The van der Waals surface area contributed by atoms with Gasteiger partial charge in [0.05, 0.1) is 0 Å². The Morgan fingerprint density at radius 3 is 2.59 bits per heavy atom. The summed E-state index contributed by atoms with van der Waals surface area (Å²) in [6, 6.07) is 14.3. The third kappa shape index (κ3) is 2.53. The molecule has 2 aromatic carbocycles. The van der Waals surface area contributed by atoms with Crippen LogP contribution in [0.1, 0.15) is 18.4 Å². The van der Waals surface area contributed by atoms with Gasteiger partial charge in [-0.3, -0.25) is 0 Å². The van der Waals surface area contributed by atoms with E-state index in [1.54, 1.807) is 6.07 Å². The Balaban J connectivity index is 2.52. The zero-order chi connectivity index (χ0) is 12.3. The molecule has 1 unspecified atom stereocenters. The third-order valence-electron chi connectivity index (χ3n) is 2.90. The molecule has 2 heteroatoms. The van der Waals surface area contributed by atoms with Crippen molar-refractivity contribution in [2.75, 3.05) is 6.61 Å². The van der Waals surface area contributed by atoms with Gasteiger partial charge in [-0.2, -0.15) is 0 Å². The standard InChI is InChI=1S/C15H15FO/c1-11(10-17)14-7-2-3-8-15(14)12-5-4-6-13(16)9-12/h2-9,11,17H,10H2,1H3. The first kappa shape index (κ1) is 11.8. The summed E-state index contributed by atoms with van der Waals surface area (Å²) in [5, 5.41) is 9.24.